The number of hydrogen-bond donors (Lipinski definition) is 1. The molecule has 0 aliphatic heterocycles. The molecule has 0 fully saturated rings. The monoisotopic (exact) mass is 174 g/mol. The second-order valence-corrected chi connectivity index (χ2v) is 3.42. The van der Waals surface area contributed by atoms with E-state index in [9.17, 15) is 0 Å². The summed E-state index contributed by atoms with van der Waals surface area (Å²) in [4.78, 5) is 7.68. The van der Waals surface area contributed by atoms with Gasteiger partial charge in [-0.05, 0) is 37.5 Å². The first kappa shape index (κ1) is 8.30. The van der Waals surface area contributed by atoms with Crippen LogP contribution >= 0.6 is 0 Å². The van der Waals surface area contributed by atoms with Crippen LogP contribution in [-0.4, -0.2) is 9.97 Å². The van der Waals surface area contributed by atoms with Crippen molar-refractivity contribution in [1.29, 1.82) is 0 Å². The zero-order valence-corrected chi connectivity index (χ0v) is 8.31. The van der Waals surface area contributed by atoms with Crippen LogP contribution in [0.2, 0.25) is 0 Å². The summed E-state index contributed by atoms with van der Waals surface area (Å²) in [5.74, 6) is 0.992. The normalized spacial score (nSPS) is 11.0. The van der Waals surface area contributed by atoms with Gasteiger partial charge in [0.15, 0.2) is 0 Å². The standard InChI is InChI=1S/C11H14N2/c1-4-9-5-6-10-11(7(9)2)13-8(3)12-10/h5-6H,4H2,1-3H3,(H,12,13). The number of imidazole rings is 1. The summed E-state index contributed by atoms with van der Waals surface area (Å²) < 4.78 is 0. The zero-order chi connectivity index (χ0) is 9.42. The van der Waals surface area contributed by atoms with Crippen LogP contribution in [0.15, 0.2) is 12.1 Å². The van der Waals surface area contributed by atoms with E-state index in [1.54, 1.807) is 0 Å². The summed E-state index contributed by atoms with van der Waals surface area (Å²) in [7, 11) is 0. The molecule has 2 aromatic rings. The van der Waals surface area contributed by atoms with Gasteiger partial charge in [0.2, 0.25) is 0 Å². The Hall–Kier alpha value is -1.31. The van der Waals surface area contributed by atoms with Gasteiger partial charge in [0.1, 0.15) is 5.82 Å². The first-order chi connectivity index (χ1) is 6.22. The Morgan fingerprint density at radius 2 is 2.08 bits per heavy atom. The molecule has 0 radical (unpaired) electrons. The average molecular weight is 174 g/mol. The number of aromatic nitrogens is 2. The lowest BCUT2D eigenvalue weighted by Crippen LogP contribution is -1.87. The third-order valence-electron chi connectivity index (χ3n) is 2.53. The molecule has 1 aromatic carbocycles. The average Bonchev–Trinajstić information content (AvgIpc) is 2.47. The maximum atomic E-state index is 4.39. The number of rotatable bonds is 1. The molecule has 1 heterocycles. The second kappa shape index (κ2) is 2.87. The van der Waals surface area contributed by atoms with Crippen molar-refractivity contribution in [2.24, 2.45) is 0 Å². The molecule has 1 aromatic heterocycles. The largest absolute Gasteiger partial charge is 0.342 e. The van der Waals surface area contributed by atoms with Gasteiger partial charge in [-0.15, -0.1) is 0 Å². The maximum absolute atomic E-state index is 4.39. The van der Waals surface area contributed by atoms with Gasteiger partial charge >= 0.3 is 0 Å². The van der Waals surface area contributed by atoms with Gasteiger partial charge in [-0.25, -0.2) is 4.98 Å². The number of benzene rings is 1. The fourth-order valence-corrected chi connectivity index (χ4v) is 1.76. The quantitative estimate of drug-likeness (QED) is 0.707. The number of aryl methyl sites for hydroxylation is 3. The van der Waals surface area contributed by atoms with Gasteiger partial charge < -0.3 is 4.98 Å². The summed E-state index contributed by atoms with van der Waals surface area (Å²) in [5.41, 5.74) is 5.00. The highest BCUT2D eigenvalue weighted by Crippen LogP contribution is 2.19. The van der Waals surface area contributed by atoms with E-state index in [-0.39, 0.29) is 0 Å². The summed E-state index contributed by atoms with van der Waals surface area (Å²) in [6.45, 7) is 6.32. The second-order valence-electron chi connectivity index (χ2n) is 3.42. The topological polar surface area (TPSA) is 28.7 Å². The summed E-state index contributed by atoms with van der Waals surface area (Å²) in [5, 5.41) is 0. The van der Waals surface area contributed by atoms with E-state index in [0.29, 0.717) is 0 Å². The molecule has 0 atom stereocenters. The van der Waals surface area contributed by atoms with Crippen LogP contribution in [0, 0.1) is 13.8 Å². The molecular formula is C11H14N2. The number of nitrogens with one attached hydrogen (secondary N) is 1. The minimum absolute atomic E-state index is 0.992. The molecule has 2 rings (SSSR count). The Kier molecular flexibility index (Phi) is 1.83. The highest BCUT2D eigenvalue weighted by molar-refractivity contribution is 5.79. The van der Waals surface area contributed by atoms with Gasteiger partial charge in [0.05, 0.1) is 11.0 Å². The minimum atomic E-state index is 0.992. The fraction of sp³-hybridized carbons (Fsp3) is 0.364. The molecule has 0 aliphatic rings. The van der Waals surface area contributed by atoms with Gasteiger partial charge in [-0.1, -0.05) is 13.0 Å². The van der Waals surface area contributed by atoms with Gasteiger partial charge in [-0.3, -0.25) is 0 Å². The summed E-state index contributed by atoms with van der Waals surface area (Å²) in [6.07, 6.45) is 1.08. The van der Waals surface area contributed by atoms with Crippen LogP contribution < -0.4 is 0 Å². The molecule has 0 saturated heterocycles. The van der Waals surface area contributed by atoms with Crippen LogP contribution in [0.1, 0.15) is 23.9 Å². The van der Waals surface area contributed by atoms with E-state index in [1.807, 2.05) is 6.92 Å². The van der Waals surface area contributed by atoms with E-state index in [2.05, 4.69) is 35.9 Å². The lowest BCUT2D eigenvalue weighted by Gasteiger charge is -2.02. The smallest absolute Gasteiger partial charge is 0.104 e. The first-order valence-electron chi connectivity index (χ1n) is 4.67. The maximum Gasteiger partial charge on any atom is 0.104 e. The minimum Gasteiger partial charge on any atom is -0.342 e. The Labute approximate surface area is 78.0 Å². The lowest BCUT2D eigenvalue weighted by atomic mass is 10.1. The molecule has 0 spiro atoms. The van der Waals surface area contributed by atoms with Crippen molar-refractivity contribution >= 4 is 11.0 Å². The lowest BCUT2D eigenvalue weighted by molar-refractivity contribution is 1.11. The van der Waals surface area contributed by atoms with Crippen molar-refractivity contribution in [3.05, 3.63) is 29.1 Å². The number of fused-ring (bicyclic) bond motifs is 1. The van der Waals surface area contributed by atoms with E-state index < -0.39 is 0 Å². The molecule has 2 heteroatoms. The molecule has 2 nitrogen and oxygen atoms in total. The molecule has 0 amide bonds. The van der Waals surface area contributed by atoms with Crippen LogP contribution in [0.5, 0.6) is 0 Å². The van der Waals surface area contributed by atoms with Crippen molar-refractivity contribution in [1.82, 2.24) is 9.97 Å². The Morgan fingerprint density at radius 1 is 1.31 bits per heavy atom. The molecule has 68 valence electrons. The highest BCUT2D eigenvalue weighted by atomic mass is 14.9. The molecule has 1 N–H and O–H groups in total. The Morgan fingerprint density at radius 3 is 2.77 bits per heavy atom. The van der Waals surface area contributed by atoms with E-state index in [4.69, 9.17) is 0 Å². The number of aromatic amines is 1. The van der Waals surface area contributed by atoms with Crippen molar-refractivity contribution in [2.75, 3.05) is 0 Å². The van der Waals surface area contributed by atoms with Crippen molar-refractivity contribution in [2.45, 2.75) is 27.2 Å². The van der Waals surface area contributed by atoms with Gasteiger partial charge in [0.25, 0.3) is 0 Å². The van der Waals surface area contributed by atoms with E-state index in [0.717, 1.165) is 17.8 Å². The molecule has 0 bridgehead atoms. The molecule has 0 aliphatic carbocycles. The van der Waals surface area contributed by atoms with Crippen LogP contribution in [-0.2, 0) is 6.42 Å². The summed E-state index contributed by atoms with van der Waals surface area (Å²) in [6, 6.07) is 4.25. The number of H-pyrrole nitrogens is 1. The molecule has 13 heavy (non-hydrogen) atoms. The number of nitrogens with zero attached hydrogens (tertiary/aromatic N) is 1. The van der Waals surface area contributed by atoms with Gasteiger partial charge in [-0.2, -0.15) is 0 Å². The van der Waals surface area contributed by atoms with Crippen molar-refractivity contribution in [3.63, 3.8) is 0 Å². The van der Waals surface area contributed by atoms with Crippen molar-refractivity contribution in [3.8, 4) is 0 Å². The predicted octanol–water partition coefficient (Wildman–Crippen LogP) is 2.74. The van der Waals surface area contributed by atoms with E-state index in [1.165, 1.54) is 16.6 Å². The first-order valence-corrected chi connectivity index (χ1v) is 4.67. The molecular weight excluding hydrogens is 160 g/mol. The zero-order valence-electron chi connectivity index (χ0n) is 8.31. The van der Waals surface area contributed by atoms with E-state index >= 15 is 0 Å². The van der Waals surface area contributed by atoms with Crippen LogP contribution in [0.25, 0.3) is 11.0 Å². The Balaban J connectivity index is 2.78. The van der Waals surface area contributed by atoms with Crippen LogP contribution in [0.4, 0.5) is 0 Å². The highest BCUT2D eigenvalue weighted by Gasteiger charge is 2.04. The SMILES string of the molecule is CCc1ccc2nc(C)[nH]c2c1C. The molecule has 0 saturated carbocycles. The number of hydrogen-bond acceptors (Lipinski definition) is 1. The fourth-order valence-electron chi connectivity index (χ4n) is 1.76. The van der Waals surface area contributed by atoms with Crippen LogP contribution in [0.3, 0.4) is 0 Å². The molecule has 0 unspecified atom stereocenters. The third-order valence-corrected chi connectivity index (χ3v) is 2.53. The summed E-state index contributed by atoms with van der Waals surface area (Å²) >= 11 is 0. The predicted molar refractivity (Wildman–Crippen MR) is 54.9 cm³/mol. The van der Waals surface area contributed by atoms with Gasteiger partial charge in [0, 0.05) is 0 Å². The van der Waals surface area contributed by atoms with Crippen molar-refractivity contribution < 1.29 is 0 Å². The Bertz CT molecular complexity index is 441. The third kappa shape index (κ3) is 1.22.